The van der Waals surface area contributed by atoms with E-state index in [-0.39, 0.29) is 5.41 Å². The number of rotatable bonds is 3. The van der Waals surface area contributed by atoms with E-state index in [0.717, 1.165) is 12.0 Å². The topological polar surface area (TPSA) is 69.6 Å². The molecule has 0 spiro atoms. The van der Waals surface area contributed by atoms with Crippen LogP contribution in [-0.4, -0.2) is 22.8 Å². The third kappa shape index (κ3) is 6.37. The van der Waals surface area contributed by atoms with Crippen LogP contribution in [0.2, 0.25) is 0 Å². The zero-order valence-electron chi connectivity index (χ0n) is 11.5. The molecular weight excluding hydrogens is 230 g/mol. The highest BCUT2D eigenvalue weighted by atomic mass is 16.5. The van der Waals surface area contributed by atoms with Crippen LogP contribution in [0.15, 0.2) is 24.3 Å². The van der Waals surface area contributed by atoms with E-state index in [0.29, 0.717) is 12.1 Å². The molecule has 1 rings (SSSR count). The molecule has 1 aromatic rings. The molecule has 0 radical (unpaired) electrons. The summed E-state index contributed by atoms with van der Waals surface area (Å²) < 4.78 is 0. The van der Waals surface area contributed by atoms with Gasteiger partial charge in [-0.2, -0.15) is 0 Å². The van der Waals surface area contributed by atoms with Crippen LogP contribution in [0.3, 0.4) is 0 Å². The van der Waals surface area contributed by atoms with Crippen molar-refractivity contribution in [3.8, 4) is 0 Å². The second kappa shape index (κ2) is 7.84. The van der Waals surface area contributed by atoms with Gasteiger partial charge in [0.15, 0.2) is 0 Å². The summed E-state index contributed by atoms with van der Waals surface area (Å²) in [7, 11) is 0. The molecule has 0 unspecified atom stereocenters. The third-order valence-corrected chi connectivity index (χ3v) is 2.36. The Morgan fingerprint density at radius 1 is 1.22 bits per heavy atom. The Morgan fingerprint density at radius 2 is 1.72 bits per heavy atom. The molecule has 0 aliphatic carbocycles. The van der Waals surface area contributed by atoms with Crippen LogP contribution in [0.5, 0.6) is 0 Å². The number of carbonyl (C=O) groups is 1. The smallest absolute Gasteiger partial charge is 0.335 e. The van der Waals surface area contributed by atoms with Crippen molar-refractivity contribution in [3.05, 3.63) is 35.4 Å². The van der Waals surface area contributed by atoms with Gasteiger partial charge in [0, 0.05) is 6.54 Å². The molecule has 3 N–H and O–H groups in total. The van der Waals surface area contributed by atoms with Gasteiger partial charge in [0.05, 0.1) is 5.56 Å². The van der Waals surface area contributed by atoms with Crippen LogP contribution < -0.4 is 5.48 Å². The summed E-state index contributed by atoms with van der Waals surface area (Å²) in [6.07, 6.45) is 0.983. The van der Waals surface area contributed by atoms with Crippen LogP contribution in [0.4, 0.5) is 0 Å². The van der Waals surface area contributed by atoms with Gasteiger partial charge in [0.25, 0.3) is 0 Å². The van der Waals surface area contributed by atoms with E-state index in [1.54, 1.807) is 12.1 Å². The molecule has 0 saturated carbocycles. The van der Waals surface area contributed by atoms with Crippen LogP contribution in [0, 0.1) is 0 Å². The van der Waals surface area contributed by atoms with Gasteiger partial charge in [-0.15, -0.1) is 0 Å². The van der Waals surface area contributed by atoms with Crippen LogP contribution >= 0.6 is 0 Å². The van der Waals surface area contributed by atoms with E-state index in [1.165, 1.54) is 0 Å². The molecule has 1 aromatic carbocycles. The molecule has 0 fully saturated rings. The van der Waals surface area contributed by atoms with E-state index < -0.39 is 5.97 Å². The number of carboxylic acids is 1. The number of hydroxylamine groups is 1. The third-order valence-electron chi connectivity index (χ3n) is 2.36. The maximum atomic E-state index is 10.6. The maximum absolute atomic E-state index is 10.6. The van der Waals surface area contributed by atoms with Crippen LogP contribution in [0.25, 0.3) is 0 Å². The lowest BCUT2D eigenvalue weighted by molar-refractivity contribution is 0.0697. The van der Waals surface area contributed by atoms with E-state index in [1.807, 2.05) is 24.5 Å². The summed E-state index contributed by atoms with van der Waals surface area (Å²) in [6, 6.07) is 7.01. The molecule has 0 atom stereocenters. The Labute approximate surface area is 109 Å². The summed E-state index contributed by atoms with van der Waals surface area (Å²) in [4.78, 5) is 10.6. The standard InChI is InChI=1S/C11H14O2.C3H9NO/c1-11(2,3)9-6-4-8(5-7-9)10(12)13;1-2-3-4-5/h4-7H,1-3H3,(H,12,13);4-5H,2-3H2,1H3. The lowest BCUT2D eigenvalue weighted by Crippen LogP contribution is -2.11. The fraction of sp³-hybridized carbons (Fsp3) is 0.500. The average molecular weight is 253 g/mol. The van der Waals surface area contributed by atoms with Gasteiger partial charge in [0.1, 0.15) is 0 Å². The van der Waals surface area contributed by atoms with Crippen molar-refractivity contribution in [2.75, 3.05) is 6.54 Å². The van der Waals surface area contributed by atoms with Gasteiger partial charge in [-0.05, 0) is 29.5 Å². The highest BCUT2D eigenvalue weighted by molar-refractivity contribution is 5.87. The van der Waals surface area contributed by atoms with E-state index >= 15 is 0 Å². The zero-order valence-corrected chi connectivity index (χ0v) is 11.5. The monoisotopic (exact) mass is 253 g/mol. The molecule has 0 saturated heterocycles. The minimum atomic E-state index is -0.875. The van der Waals surface area contributed by atoms with Gasteiger partial charge in [-0.25, -0.2) is 10.3 Å². The lowest BCUT2D eigenvalue weighted by Gasteiger charge is -2.18. The number of hydrogen-bond acceptors (Lipinski definition) is 3. The van der Waals surface area contributed by atoms with E-state index in [4.69, 9.17) is 10.3 Å². The number of benzene rings is 1. The highest BCUT2D eigenvalue weighted by Crippen LogP contribution is 2.21. The number of hydrogen-bond donors (Lipinski definition) is 3. The summed E-state index contributed by atoms with van der Waals surface area (Å²) in [5.41, 5.74) is 3.59. The van der Waals surface area contributed by atoms with Crippen molar-refractivity contribution in [2.45, 2.75) is 39.5 Å². The molecule has 0 amide bonds. The molecule has 18 heavy (non-hydrogen) atoms. The van der Waals surface area contributed by atoms with Gasteiger partial charge in [-0.3, -0.25) is 0 Å². The Morgan fingerprint density at radius 3 is 1.94 bits per heavy atom. The fourth-order valence-corrected chi connectivity index (χ4v) is 1.22. The van der Waals surface area contributed by atoms with Crippen molar-refractivity contribution in [1.82, 2.24) is 5.48 Å². The SMILES string of the molecule is CC(C)(C)c1ccc(C(=O)O)cc1.CCCNO. The molecular formula is C14H23NO3. The van der Waals surface area contributed by atoms with Crippen LogP contribution in [-0.2, 0) is 5.41 Å². The second-order valence-electron chi connectivity index (χ2n) is 5.04. The molecule has 0 bridgehead atoms. The minimum absolute atomic E-state index is 0.0804. The Kier molecular flexibility index (Phi) is 7.24. The normalized spacial score (nSPS) is 10.5. The predicted octanol–water partition coefficient (Wildman–Crippen LogP) is 3.06. The van der Waals surface area contributed by atoms with E-state index in [9.17, 15) is 4.79 Å². The maximum Gasteiger partial charge on any atom is 0.335 e. The second-order valence-corrected chi connectivity index (χ2v) is 5.04. The summed E-state index contributed by atoms with van der Waals surface area (Å²) in [5.74, 6) is -0.875. The summed E-state index contributed by atoms with van der Waals surface area (Å²) in [6.45, 7) is 8.98. The largest absolute Gasteiger partial charge is 0.478 e. The van der Waals surface area contributed by atoms with Crippen molar-refractivity contribution in [2.24, 2.45) is 0 Å². The molecule has 0 aliphatic heterocycles. The Bertz CT molecular complexity index is 350. The van der Waals surface area contributed by atoms with Crippen molar-refractivity contribution in [3.63, 3.8) is 0 Å². The number of nitrogens with one attached hydrogen (secondary N) is 1. The Hall–Kier alpha value is -1.39. The van der Waals surface area contributed by atoms with Gasteiger partial charge in [-0.1, -0.05) is 39.8 Å². The lowest BCUT2D eigenvalue weighted by atomic mass is 9.87. The van der Waals surface area contributed by atoms with E-state index in [2.05, 4.69) is 20.8 Å². The molecule has 0 aliphatic rings. The van der Waals surface area contributed by atoms with Crippen molar-refractivity contribution >= 4 is 5.97 Å². The molecule has 102 valence electrons. The summed E-state index contributed by atoms with van der Waals surface area (Å²) >= 11 is 0. The number of aromatic carboxylic acids is 1. The minimum Gasteiger partial charge on any atom is -0.478 e. The van der Waals surface area contributed by atoms with Gasteiger partial charge >= 0.3 is 5.97 Å². The average Bonchev–Trinajstić information content (AvgIpc) is 2.30. The first kappa shape index (κ1) is 16.6. The predicted molar refractivity (Wildman–Crippen MR) is 72.2 cm³/mol. The molecule has 0 aromatic heterocycles. The summed E-state index contributed by atoms with van der Waals surface area (Å²) in [5, 5.41) is 16.5. The molecule has 4 nitrogen and oxygen atoms in total. The molecule has 4 heteroatoms. The first-order valence-electron chi connectivity index (χ1n) is 6.03. The fourth-order valence-electron chi connectivity index (χ4n) is 1.22. The van der Waals surface area contributed by atoms with Crippen molar-refractivity contribution in [1.29, 1.82) is 0 Å². The van der Waals surface area contributed by atoms with Crippen molar-refractivity contribution < 1.29 is 15.1 Å². The van der Waals surface area contributed by atoms with Gasteiger partial charge < -0.3 is 10.3 Å². The quantitative estimate of drug-likeness (QED) is 0.724. The zero-order chi connectivity index (χ0) is 14.2. The van der Waals surface area contributed by atoms with Gasteiger partial charge in [0.2, 0.25) is 0 Å². The first-order valence-corrected chi connectivity index (χ1v) is 6.03. The molecule has 0 heterocycles. The Balaban J connectivity index is 0.000000494. The van der Waals surface area contributed by atoms with Crippen LogP contribution in [0.1, 0.15) is 50.0 Å². The highest BCUT2D eigenvalue weighted by Gasteiger charge is 2.13. The first-order chi connectivity index (χ1) is 8.32. The number of carboxylic acid groups (broad SMARTS) is 1.